The normalized spacial score (nSPS) is 19.2. The SMILES string of the molecule is CCOC(=O)CCC(=O)NC1CC=CCC1. The fourth-order valence-electron chi connectivity index (χ4n) is 1.67. The molecule has 1 amide bonds. The van der Waals surface area contributed by atoms with Gasteiger partial charge in [-0.2, -0.15) is 0 Å². The summed E-state index contributed by atoms with van der Waals surface area (Å²) < 4.78 is 4.75. The Morgan fingerprint density at radius 3 is 2.81 bits per heavy atom. The molecule has 0 aromatic rings. The van der Waals surface area contributed by atoms with Crippen LogP contribution in [0.25, 0.3) is 0 Å². The number of allylic oxidation sites excluding steroid dienone is 1. The number of nitrogens with one attached hydrogen (secondary N) is 1. The zero-order valence-electron chi connectivity index (χ0n) is 9.70. The molecule has 4 nitrogen and oxygen atoms in total. The van der Waals surface area contributed by atoms with E-state index < -0.39 is 0 Å². The Morgan fingerprint density at radius 1 is 1.38 bits per heavy atom. The van der Waals surface area contributed by atoms with Crippen LogP contribution in [0.5, 0.6) is 0 Å². The van der Waals surface area contributed by atoms with Crippen LogP contribution in [0.2, 0.25) is 0 Å². The highest BCUT2D eigenvalue weighted by molar-refractivity contribution is 5.81. The lowest BCUT2D eigenvalue weighted by molar-refractivity contribution is -0.144. The van der Waals surface area contributed by atoms with E-state index in [4.69, 9.17) is 4.74 Å². The van der Waals surface area contributed by atoms with Crippen molar-refractivity contribution in [2.24, 2.45) is 0 Å². The molecule has 0 aliphatic heterocycles. The van der Waals surface area contributed by atoms with Gasteiger partial charge in [-0.1, -0.05) is 12.2 Å². The zero-order valence-corrected chi connectivity index (χ0v) is 9.70. The molecule has 16 heavy (non-hydrogen) atoms. The number of esters is 1. The van der Waals surface area contributed by atoms with Crippen LogP contribution in [-0.4, -0.2) is 24.5 Å². The van der Waals surface area contributed by atoms with Gasteiger partial charge in [0.05, 0.1) is 13.0 Å². The summed E-state index contributed by atoms with van der Waals surface area (Å²) in [5.74, 6) is -0.366. The highest BCUT2D eigenvalue weighted by Crippen LogP contribution is 2.10. The number of hydrogen-bond donors (Lipinski definition) is 1. The minimum Gasteiger partial charge on any atom is -0.466 e. The van der Waals surface area contributed by atoms with Gasteiger partial charge in [-0.25, -0.2) is 0 Å². The van der Waals surface area contributed by atoms with Crippen LogP contribution in [-0.2, 0) is 14.3 Å². The van der Waals surface area contributed by atoms with E-state index in [1.807, 2.05) is 0 Å². The first kappa shape index (κ1) is 12.7. The van der Waals surface area contributed by atoms with Crippen molar-refractivity contribution in [2.45, 2.75) is 45.1 Å². The topological polar surface area (TPSA) is 55.4 Å². The van der Waals surface area contributed by atoms with Crippen molar-refractivity contribution in [1.82, 2.24) is 5.32 Å². The van der Waals surface area contributed by atoms with E-state index in [1.165, 1.54) is 0 Å². The quantitative estimate of drug-likeness (QED) is 0.570. The Kier molecular flexibility index (Phi) is 5.61. The number of hydrogen-bond acceptors (Lipinski definition) is 3. The molecular formula is C12H19NO3. The molecule has 1 aliphatic carbocycles. The summed E-state index contributed by atoms with van der Waals surface area (Å²) in [6.45, 7) is 2.13. The Labute approximate surface area is 96.0 Å². The smallest absolute Gasteiger partial charge is 0.306 e. The van der Waals surface area contributed by atoms with E-state index in [0.29, 0.717) is 6.61 Å². The summed E-state index contributed by atoms with van der Waals surface area (Å²) in [7, 11) is 0. The molecule has 90 valence electrons. The van der Waals surface area contributed by atoms with Gasteiger partial charge in [0.25, 0.3) is 0 Å². The van der Waals surface area contributed by atoms with Crippen LogP contribution in [0.1, 0.15) is 39.0 Å². The molecule has 0 radical (unpaired) electrons. The third-order valence-corrected chi connectivity index (χ3v) is 2.50. The Bertz CT molecular complexity index is 273. The van der Waals surface area contributed by atoms with E-state index in [-0.39, 0.29) is 30.8 Å². The lowest BCUT2D eigenvalue weighted by Crippen LogP contribution is -2.35. The Balaban J connectivity index is 2.15. The third kappa shape index (κ3) is 4.96. The molecule has 0 heterocycles. The lowest BCUT2D eigenvalue weighted by atomic mass is 10.0. The number of carbonyl (C=O) groups is 2. The summed E-state index contributed by atoms with van der Waals surface area (Å²) in [5.41, 5.74) is 0. The second kappa shape index (κ2) is 7.04. The average Bonchev–Trinajstić information content (AvgIpc) is 2.28. The van der Waals surface area contributed by atoms with Gasteiger partial charge in [-0.3, -0.25) is 9.59 Å². The van der Waals surface area contributed by atoms with Gasteiger partial charge < -0.3 is 10.1 Å². The number of ether oxygens (including phenoxy) is 1. The molecule has 1 unspecified atom stereocenters. The molecule has 1 aliphatic rings. The first-order valence-corrected chi connectivity index (χ1v) is 5.82. The standard InChI is InChI=1S/C12H19NO3/c1-2-16-12(15)9-8-11(14)13-10-6-4-3-5-7-10/h3-4,10H,2,5-9H2,1H3,(H,13,14). The van der Waals surface area contributed by atoms with Crippen LogP contribution in [0.3, 0.4) is 0 Å². The van der Waals surface area contributed by atoms with Gasteiger partial charge in [-0.05, 0) is 26.2 Å². The van der Waals surface area contributed by atoms with Crippen LogP contribution in [0, 0.1) is 0 Å². The average molecular weight is 225 g/mol. The molecule has 0 aromatic carbocycles. The van der Waals surface area contributed by atoms with Crippen LogP contribution in [0.4, 0.5) is 0 Å². The summed E-state index contributed by atoms with van der Waals surface area (Å²) in [6, 6.07) is 0.236. The number of carbonyl (C=O) groups excluding carboxylic acids is 2. The number of rotatable bonds is 5. The summed E-state index contributed by atoms with van der Waals surface area (Å²) >= 11 is 0. The molecule has 0 fully saturated rings. The summed E-state index contributed by atoms with van der Waals surface area (Å²) in [4.78, 5) is 22.5. The van der Waals surface area contributed by atoms with Crippen molar-refractivity contribution in [3.05, 3.63) is 12.2 Å². The van der Waals surface area contributed by atoms with Gasteiger partial charge >= 0.3 is 5.97 Å². The molecule has 0 aromatic heterocycles. The second-order valence-corrected chi connectivity index (χ2v) is 3.85. The molecule has 4 heteroatoms. The van der Waals surface area contributed by atoms with Gasteiger partial charge in [-0.15, -0.1) is 0 Å². The van der Waals surface area contributed by atoms with E-state index in [0.717, 1.165) is 19.3 Å². The van der Waals surface area contributed by atoms with Crippen molar-refractivity contribution >= 4 is 11.9 Å². The molecule has 0 spiro atoms. The Hall–Kier alpha value is -1.32. The minimum atomic E-state index is -0.304. The van der Waals surface area contributed by atoms with E-state index >= 15 is 0 Å². The predicted octanol–water partition coefficient (Wildman–Crippen LogP) is 1.55. The van der Waals surface area contributed by atoms with Gasteiger partial charge in [0.15, 0.2) is 0 Å². The van der Waals surface area contributed by atoms with Crippen molar-refractivity contribution < 1.29 is 14.3 Å². The van der Waals surface area contributed by atoms with Crippen LogP contribution < -0.4 is 5.32 Å². The highest BCUT2D eigenvalue weighted by Gasteiger charge is 2.13. The van der Waals surface area contributed by atoms with Gasteiger partial charge in [0, 0.05) is 12.5 Å². The van der Waals surface area contributed by atoms with Crippen LogP contribution >= 0.6 is 0 Å². The minimum absolute atomic E-state index is 0.0617. The van der Waals surface area contributed by atoms with Crippen molar-refractivity contribution in [2.75, 3.05) is 6.61 Å². The van der Waals surface area contributed by atoms with Crippen molar-refractivity contribution in [3.63, 3.8) is 0 Å². The maximum Gasteiger partial charge on any atom is 0.306 e. The fourth-order valence-corrected chi connectivity index (χ4v) is 1.67. The van der Waals surface area contributed by atoms with Gasteiger partial charge in [0.1, 0.15) is 0 Å². The maximum absolute atomic E-state index is 11.5. The molecule has 0 bridgehead atoms. The first-order chi connectivity index (χ1) is 7.72. The Morgan fingerprint density at radius 2 is 2.19 bits per heavy atom. The monoisotopic (exact) mass is 225 g/mol. The second-order valence-electron chi connectivity index (χ2n) is 3.85. The van der Waals surface area contributed by atoms with Crippen molar-refractivity contribution in [1.29, 1.82) is 0 Å². The fraction of sp³-hybridized carbons (Fsp3) is 0.667. The molecule has 1 rings (SSSR count). The lowest BCUT2D eigenvalue weighted by Gasteiger charge is -2.19. The zero-order chi connectivity index (χ0) is 11.8. The van der Waals surface area contributed by atoms with Crippen LogP contribution in [0.15, 0.2) is 12.2 Å². The van der Waals surface area contributed by atoms with Gasteiger partial charge in [0.2, 0.25) is 5.91 Å². The number of amides is 1. The third-order valence-electron chi connectivity index (χ3n) is 2.50. The van der Waals surface area contributed by atoms with E-state index in [1.54, 1.807) is 6.92 Å². The molecule has 1 N–H and O–H groups in total. The van der Waals surface area contributed by atoms with E-state index in [2.05, 4.69) is 17.5 Å². The maximum atomic E-state index is 11.5. The molecular weight excluding hydrogens is 206 g/mol. The van der Waals surface area contributed by atoms with Crippen molar-refractivity contribution in [3.8, 4) is 0 Å². The summed E-state index contributed by atoms with van der Waals surface area (Å²) in [6.07, 6.45) is 7.50. The molecule has 1 atom stereocenters. The molecule has 0 saturated carbocycles. The largest absolute Gasteiger partial charge is 0.466 e. The predicted molar refractivity (Wildman–Crippen MR) is 60.8 cm³/mol. The highest BCUT2D eigenvalue weighted by atomic mass is 16.5. The summed E-state index contributed by atoms with van der Waals surface area (Å²) in [5, 5.41) is 2.92. The first-order valence-electron chi connectivity index (χ1n) is 5.82. The van der Waals surface area contributed by atoms with E-state index in [9.17, 15) is 9.59 Å². The molecule has 0 saturated heterocycles.